The van der Waals surface area contributed by atoms with Crippen LogP contribution in [0.2, 0.25) is 0 Å². The maximum atomic E-state index is 14.0. The van der Waals surface area contributed by atoms with E-state index in [2.05, 4.69) is 5.32 Å². The van der Waals surface area contributed by atoms with Gasteiger partial charge in [0.25, 0.3) is 5.91 Å². The van der Waals surface area contributed by atoms with Crippen LogP contribution in [0.25, 0.3) is 11.1 Å². The first-order valence-corrected chi connectivity index (χ1v) is 12.8. The number of nitrogens with one attached hydrogen (secondary N) is 1. The molecule has 1 amide bonds. The van der Waals surface area contributed by atoms with Gasteiger partial charge in [0.1, 0.15) is 41.8 Å². The van der Waals surface area contributed by atoms with E-state index in [9.17, 15) is 14.3 Å². The van der Waals surface area contributed by atoms with Crippen LogP contribution in [0.5, 0.6) is 17.2 Å². The Morgan fingerprint density at radius 3 is 2.51 bits per heavy atom. The molecular weight excluding hydrogens is 503 g/mol. The number of nitrogens with zero attached hydrogens (tertiary/aromatic N) is 1. The molecule has 8 nitrogen and oxygen atoms in total. The number of fused-ring (bicyclic) bond motifs is 1. The van der Waals surface area contributed by atoms with Gasteiger partial charge in [-0.2, -0.15) is 0 Å². The number of anilines is 2. The highest BCUT2D eigenvalue weighted by molar-refractivity contribution is 6.08. The van der Waals surface area contributed by atoms with E-state index in [0.717, 1.165) is 27.9 Å². The van der Waals surface area contributed by atoms with E-state index in [1.807, 2.05) is 39.0 Å². The van der Waals surface area contributed by atoms with Gasteiger partial charge in [0, 0.05) is 36.9 Å². The second-order valence-corrected chi connectivity index (χ2v) is 10.1. The standard InChI is InChI=1S/C30H35FN2O6/c1-18-6-7-19(31)14-26(18)39-17-24-22(10-11-25-28(24)33(4)29(36)30(2,3)32-25)23-9-8-21(15-27(23)37-5)38-16-20(35)12-13-34/h6-11,14-15,20,32,34-35H,12-13,16-17H2,1-5H3. The Kier molecular flexibility index (Phi) is 8.32. The van der Waals surface area contributed by atoms with Crippen LogP contribution in [0.4, 0.5) is 15.8 Å². The number of amides is 1. The monoisotopic (exact) mass is 538 g/mol. The number of benzene rings is 3. The third-order valence-electron chi connectivity index (χ3n) is 6.79. The maximum absolute atomic E-state index is 14.0. The highest BCUT2D eigenvalue weighted by Gasteiger charge is 2.38. The predicted octanol–water partition coefficient (Wildman–Crippen LogP) is 4.68. The summed E-state index contributed by atoms with van der Waals surface area (Å²) < 4.78 is 31.5. The highest BCUT2D eigenvalue weighted by Crippen LogP contribution is 2.45. The van der Waals surface area contributed by atoms with Crippen molar-refractivity contribution in [3.05, 3.63) is 65.5 Å². The van der Waals surface area contributed by atoms with Gasteiger partial charge < -0.3 is 34.6 Å². The molecule has 208 valence electrons. The van der Waals surface area contributed by atoms with E-state index < -0.39 is 17.5 Å². The van der Waals surface area contributed by atoms with Gasteiger partial charge in [-0.15, -0.1) is 0 Å². The van der Waals surface area contributed by atoms with E-state index in [-0.39, 0.29) is 32.1 Å². The number of aliphatic hydroxyl groups excluding tert-OH is 2. The van der Waals surface area contributed by atoms with Crippen LogP contribution in [-0.4, -0.2) is 55.1 Å². The summed E-state index contributed by atoms with van der Waals surface area (Å²) in [7, 11) is 3.28. The molecule has 3 aromatic rings. The summed E-state index contributed by atoms with van der Waals surface area (Å²) >= 11 is 0. The molecule has 3 N–H and O–H groups in total. The first-order valence-electron chi connectivity index (χ1n) is 12.8. The van der Waals surface area contributed by atoms with E-state index in [0.29, 0.717) is 22.9 Å². The zero-order valence-corrected chi connectivity index (χ0v) is 22.9. The van der Waals surface area contributed by atoms with E-state index in [4.69, 9.17) is 19.3 Å². The predicted molar refractivity (Wildman–Crippen MR) is 148 cm³/mol. The summed E-state index contributed by atoms with van der Waals surface area (Å²) in [6.45, 7) is 5.46. The average molecular weight is 539 g/mol. The first-order chi connectivity index (χ1) is 18.6. The fraction of sp³-hybridized carbons (Fsp3) is 0.367. The molecule has 1 aliphatic heterocycles. The molecule has 1 aliphatic rings. The zero-order valence-electron chi connectivity index (χ0n) is 22.9. The van der Waals surface area contributed by atoms with Gasteiger partial charge in [0.2, 0.25) is 0 Å². The molecule has 0 saturated carbocycles. The van der Waals surface area contributed by atoms with Crippen LogP contribution in [0.3, 0.4) is 0 Å². The lowest BCUT2D eigenvalue weighted by atomic mass is 9.91. The van der Waals surface area contributed by atoms with Gasteiger partial charge in [-0.1, -0.05) is 12.1 Å². The summed E-state index contributed by atoms with van der Waals surface area (Å²) in [5.74, 6) is 0.920. The average Bonchev–Trinajstić information content (AvgIpc) is 2.90. The summed E-state index contributed by atoms with van der Waals surface area (Å²) in [6, 6.07) is 13.6. The van der Waals surface area contributed by atoms with Crippen LogP contribution < -0.4 is 24.4 Å². The van der Waals surface area contributed by atoms with E-state index in [1.165, 1.54) is 12.1 Å². The van der Waals surface area contributed by atoms with Crippen molar-refractivity contribution in [3.63, 3.8) is 0 Å². The summed E-state index contributed by atoms with van der Waals surface area (Å²) in [4.78, 5) is 14.8. The number of ether oxygens (including phenoxy) is 3. The second-order valence-electron chi connectivity index (χ2n) is 10.1. The van der Waals surface area contributed by atoms with Crippen LogP contribution in [0.15, 0.2) is 48.5 Å². The summed E-state index contributed by atoms with van der Waals surface area (Å²) in [6.07, 6.45) is -0.573. The van der Waals surface area contributed by atoms with Crippen molar-refractivity contribution in [2.75, 3.05) is 37.6 Å². The quantitative estimate of drug-likeness (QED) is 0.345. The fourth-order valence-corrected chi connectivity index (χ4v) is 4.72. The number of aryl methyl sites for hydroxylation is 1. The molecule has 0 saturated heterocycles. The number of likely N-dealkylation sites (N-methyl/N-ethyl adjacent to an activating group) is 1. The van der Waals surface area contributed by atoms with Crippen molar-refractivity contribution in [1.29, 1.82) is 0 Å². The lowest BCUT2D eigenvalue weighted by molar-refractivity contribution is -0.121. The molecular formula is C30H35FN2O6. The van der Waals surface area contributed by atoms with Crippen molar-refractivity contribution < 1.29 is 33.6 Å². The zero-order chi connectivity index (χ0) is 28.3. The van der Waals surface area contributed by atoms with Crippen LogP contribution >= 0.6 is 0 Å². The maximum Gasteiger partial charge on any atom is 0.251 e. The van der Waals surface area contributed by atoms with Gasteiger partial charge in [0.05, 0.1) is 24.6 Å². The second kappa shape index (κ2) is 11.5. The lowest BCUT2D eigenvalue weighted by Crippen LogP contribution is -2.52. The molecule has 1 heterocycles. The Hall–Kier alpha value is -3.82. The molecule has 0 radical (unpaired) electrons. The molecule has 0 fully saturated rings. The molecule has 4 rings (SSSR count). The molecule has 0 bridgehead atoms. The van der Waals surface area contributed by atoms with E-state index >= 15 is 0 Å². The SMILES string of the molecule is COc1cc(OCC(O)CCO)ccc1-c1ccc2c(c1COc1cc(F)ccc1C)N(C)C(=O)C(C)(C)N2. The van der Waals surface area contributed by atoms with Crippen LogP contribution in [0, 0.1) is 12.7 Å². The minimum Gasteiger partial charge on any atom is -0.496 e. The topological polar surface area (TPSA) is 100 Å². The minimum absolute atomic E-state index is 0.0301. The lowest BCUT2D eigenvalue weighted by Gasteiger charge is -2.39. The Morgan fingerprint density at radius 2 is 1.79 bits per heavy atom. The number of aliphatic hydroxyl groups is 2. The number of halogens is 1. The van der Waals surface area contributed by atoms with Crippen LogP contribution in [0.1, 0.15) is 31.4 Å². The van der Waals surface area contributed by atoms with Crippen molar-refractivity contribution in [3.8, 4) is 28.4 Å². The van der Waals surface area contributed by atoms with E-state index in [1.54, 1.807) is 37.3 Å². The van der Waals surface area contributed by atoms with Crippen molar-refractivity contribution in [1.82, 2.24) is 0 Å². The molecule has 1 unspecified atom stereocenters. The molecule has 39 heavy (non-hydrogen) atoms. The number of hydrogen-bond acceptors (Lipinski definition) is 7. The number of carbonyl (C=O) groups excluding carboxylic acids is 1. The van der Waals surface area contributed by atoms with Crippen molar-refractivity contribution >= 4 is 17.3 Å². The Morgan fingerprint density at radius 1 is 1.05 bits per heavy atom. The molecule has 0 aliphatic carbocycles. The Labute approximate surface area is 227 Å². The molecule has 0 spiro atoms. The number of hydrogen-bond donors (Lipinski definition) is 3. The van der Waals surface area contributed by atoms with Crippen molar-refractivity contribution in [2.24, 2.45) is 0 Å². The van der Waals surface area contributed by atoms with Gasteiger partial charge in [-0.3, -0.25) is 4.79 Å². The number of methoxy groups -OCH3 is 1. The van der Waals surface area contributed by atoms with Gasteiger partial charge >= 0.3 is 0 Å². The number of rotatable bonds is 10. The summed E-state index contributed by atoms with van der Waals surface area (Å²) in [5.41, 5.74) is 3.67. The molecule has 3 aromatic carbocycles. The Balaban J connectivity index is 1.78. The fourth-order valence-electron chi connectivity index (χ4n) is 4.72. The third kappa shape index (κ3) is 5.94. The normalized spacial score (nSPS) is 14.9. The van der Waals surface area contributed by atoms with Gasteiger partial charge in [-0.05, 0) is 62.6 Å². The van der Waals surface area contributed by atoms with Gasteiger partial charge in [0.15, 0.2) is 0 Å². The minimum atomic E-state index is -0.794. The first kappa shape index (κ1) is 28.2. The molecule has 0 aromatic heterocycles. The van der Waals surface area contributed by atoms with Gasteiger partial charge in [-0.25, -0.2) is 4.39 Å². The third-order valence-corrected chi connectivity index (χ3v) is 6.79. The molecule has 1 atom stereocenters. The largest absolute Gasteiger partial charge is 0.496 e. The smallest absolute Gasteiger partial charge is 0.251 e. The molecule has 9 heteroatoms. The highest BCUT2D eigenvalue weighted by atomic mass is 19.1. The van der Waals surface area contributed by atoms with Crippen LogP contribution in [-0.2, 0) is 11.4 Å². The summed E-state index contributed by atoms with van der Waals surface area (Å²) in [5, 5.41) is 22.2. The van der Waals surface area contributed by atoms with Crippen molar-refractivity contribution in [2.45, 2.75) is 45.4 Å². The Bertz CT molecular complexity index is 1360. The number of carbonyl (C=O) groups is 1.